The Hall–Kier alpha value is -4.45. The first-order valence-electron chi connectivity index (χ1n) is 11.6. The van der Waals surface area contributed by atoms with Gasteiger partial charge in [0.2, 0.25) is 5.91 Å². The molecule has 4 aromatic rings. The van der Waals surface area contributed by atoms with E-state index in [0.717, 1.165) is 17.3 Å². The first-order valence-corrected chi connectivity index (χ1v) is 11.6. The summed E-state index contributed by atoms with van der Waals surface area (Å²) in [6.07, 6.45) is 4.30. The van der Waals surface area contributed by atoms with Crippen LogP contribution in [-0.4, -0.2) is 60.6 Å². The van der Waals surface area contributed by atoms with Crippen LogP contribution in [0.15, 0.2) is 47.7 Å². The molecule has 4 aromatic heterocycles. The third kappa shape index (κ3) is 4.35. The van der Waals surface area contributed by atoms with Gasteiger partial charge in [0, 0.05) is 31.1 Å². The highest BCUT2D eigenvalue weighted by Crippen LogP contribution is 2.27. The molecule has 0 saturated carbocycles. The van der Waals surface area contributed by atoms with Crippen LogP contribution < -0.4 is 10.9 Å². The number of nitrogens with zero attached hydrogens (tertiary/aromatic N) is 6. The summed E-state index contributed by atoms with van der Waals surface area (Å²) in [7, 11) is 1.54. The van der Waals surface area contributed by atoms with E-state index in [1.54, 1.807) is 29.4 Å². The van der Waals surface area contributed by atoms with Gasteiger partial charge in [0.25, 0.3) is 11.5 Å². The predicted molar refractivity (Wildman–Crippen MR) is 131 cm³/mol. The smallest absolute Gasteiger partial charge is 0.280 e. The standard InChI is InChI=1S/C25H24FN7O4/c1-14-9-27-7-6-17(14)19-8-22-32(12-21(34)29-20-5-4-16(26)10-28-20)23-18(24(35)33(22)30-19)11-31(25(23)36)15(2)13-37-3/h4-10,15H,11-13H2,1-3H3,(H,28,29,34). The van der Waals surface area contributed by atoms with Crippen molar-refractivity contribution in [3.8, 4) is 11.3 Å². The summed E-state index contributed by atoms with van der Waals surface area (Å²) < 4.78 is 21.1. The molecule has 1 aliphatic heterocycles. The molecule has 37 heavy (non-hydrogen) atoms. The summed E-state index contributed by atoms with van der Waals surface area (Å²) in [6.45, 7) is 3.75. The molecule has 0 radical (unpaired) electrons. The van der Waals surface area contributed by atoms with E-state index in [0.29, 0.717) is 5.69 Å². The van der Waals surface area contributed by atoms with Gasteiger partial charge in [0.1, 0.15) is 29.5 Å². The third-order valence-corrected chi connectivity index (χ3v) is 6.30. The van der Waals surface area contributed by atoms with Crippen molar-refractivity contribution < 1.29 is 18.7 Å². The minimum absolute atomic E-state index is 0.0675. The van der Waals surface area contributed by atoms with E-state index in [-0.39, 0.29) is 54.4 Å². The van der Waals surface area contributed by atoms with Crippen LogP contribution in [0.4, 0.5) is 10.2 Å². The van der Waals surface area contributed by atoms with E-state index in [1.165, 1.54) is 28.3 Å². The van der Waals surface area contributed by atoms with Crippen molar-refractivity contribution in [3.05, 3.63) is 75.8 Å². The number of aryl methyl sites for hydroxylation is 1. The third-order valence-electron chi connectivity index (χ3n) is 6.30. The molecular weight excluding hydrogens is 481 g/mol. The zero-order chi connectivity index (χ0) is 26.3. The van der Waals surface area contributed by atoms with E-state index >= 15 is 0 Å². The molecule has 11 nitrogen and oxygen atoms in total. The van der Waals surface area contributed by atoms with E-state index in [1.807, 2.05) is 13.8 Å². The first kappa shape index (κ1) is 24.3. The number of rotatable bonds is 7. The number of hydrogen-bond acceptors (Lipinski definition) is 7. The van der Waals surface area contributed by atoms with Gasteiger partial charge in [-0.05, 0) is 37.6 Å². The lowest BCUT2D eigenvalue weighted by molar-refractivity contribution is -0.116. The molecule has 1 aliphatic rings. The number of hydrogen-bond donors (Lipinski definition) is 1. The Morgan fingerprint density at radius 3 is 2.76 bits per heavy atom. The van der Waals surface area contributed by atoms with Crippen LogP contribution >= 0.6 is 0 Å². The van der Waals surface area contributed by atoms with Crippen molar-refractivity contribution in [1.82, 2.24) is 29.0 Å². The summed E-state index contributed by atoms with van der Waals surface area (Å²) >= 11 is 0. The van der Waals surface area contributed by atoms with Crippen LogP contribution in [0.5, 0.6) is 0 Å². The summed E-state index contributed by atoms with van der Waals surface area (Å²) in [5, 5.41) is 7.14. The number of carbonyl (C=O) groups is 2. The second-order valence-corrected chi connectivity index (χ2v) is 8.86. The number of ether oxygens (including phenoxy) is 1. The topological polar surface area (TPSA) is 124 Å². The Kier molecular flexibility index (Phi) is 6.25. The number of amides is 2. The Bertz CT molecular complexity index is 1580. The molecule has 0 spiro atoms. The molecule has 1 atom stereocenters. The Morgan fingerprint density at radius 1 is 1.24 bits per heavy atom. The van der Waals surface area contributed by atoms with Crippen molar-refractivity contribution in [3.63, 3.8) is 0 Å². The average molecular weight is 506 g/mol. The molecule has 12 heteroatoms. The lowest BCUT2D eigenvalue weighted by Crippen LogP contribution is -2.37. The van der Waals surface area contributed by atoms with Gasteiger partial charge < -0.3 is 19.5 Å². The van der Waals surface area contributed by atoms with Crippen LogP contribution in [0, 0.1) is 12.7 Å². The fraction of sp³-hybridized carbons (Fsp3) is 0.280. The first-order chi connectivity index (χ1) is 17.8. The van der Waals surface area contributed by atoms with Gasteiger partial charge in [-0.2, -0.15) is 9.61 Å². The van der Waals surface area contributed by atoms with E-state index in [2.05, 4.69) is 20.4 Å². The van der Waals surface area contributed by atoms with Gasteiger partial charge in [-0.25, -0.2) is 9.37 Å². The number of halogens is 1. The van der Waals surface area contributed by atoms with Gasteiger partial charge in [-0.1, -0.05) is 0 Å². The SMILES string of the molecule is COCC(C)N1Cc2c(n(CC(=O)Nc3ccc(F)cn3)c3cc(-c4ccncc4C)nn3c2=O)C1=O. The minimum Gasteiger partial charge on any atom is -0.383 e. The molecular formula is C25H24FN7O4. The number of nitrogens with one attached hydrogen (secondary N) is 1. The maximum atomic E-state index is 13.5. The monoisotopic (exact) mass is 505 g/mol. The second kappa shape index (κ2) is 9.54. The van der Waals surface area contributed by atoms with Gasteiger partial charge in [0.05, 0.1) is 36.6 Å². The number of aromatic nitrogens is 5. The highest BCUT2D eigenvalue weighted by Gasteiger charge is 2.37. The fourth-order valence-corrected chi connectivity index (χ4v) is 4.50. The van der Waals surface area contributed by atoms with Crippen LogP contribution in [0.2, 0.25) is 0 Å². The van der Waals surface area contributed by atoms with Crippen LogP contribution in [-0.2, 0) is 22.6 Å². The van der Waals surface area contributed by atoms with Gasteiger partial charge in [-0.3, -0.25) is 19.4 Å². The Morgan fingerprint density at radius 2 is 2.05 bits per heavy atom. The van der Waals surface area contributed by atoms with Crippen molar-refractivity contribution in [1.29, 1.82) is 0 Å². The van der Waals surface area contributed by atoms with Gasteiger partial charge in [0.15, 0.2) is 0 Å². The number of methoxy groups -OCH3 is 1. The van der Waals surface area contributed by atoms with E-state index in [9.17, 15) is 18.8 Å². The van der Waals surface area contributed by atoms with E-state index < -0.39 is 17.3 Å². The molecule has 5 heterocycles. The Labute approximate surface area is 210 Å². The number of fused-ring (bicyclic) bond motifs is 2. The molecule has 0 bridgehead atoms. The zero-order valence-corrected chi connectivity index (χ0v) is 20.4. The molecule has 2 amide bonds. The van der Waals surface area contributed by atoms with Crippen molar-refractivity contribution >= 4 is 23.3 Å². The van der Waals surface area contributed by atoms with Crippen LogP contribution in [0.1, 0.15) is 28.5 Å². The molecule has 1 N–H and O–H groups in total. The summed E-state index contributed by atoms with van der Waals surface area (Å²) in [5.41, 5.74) is 2.36. The summed E-state index contributed by atoms with van der Waals surface area (Å²) in [4.78, 5) is 49.5. The predicted octanol–water partition coefficient (Wildman–Crippen LogP) is 2.03. The van der Waals surface area contributed by atoms with Crippen molar-refractivity contribution in [2.75, 3.05) is 19.0 Å². The normalized spacial score (nSPS) is 13.7. The summed E-state index contributed by atoms with van der Waals surface area (Å²) in [6, 6.07) is 5.67. The second-order valence-electron chi connectivity index (χ2n) is 8.86. The quantitative estimate of drug-likeness (QED) is 0.408. The fourth-order valence-electron chi connectivity index (χ4n) is 4.50. The lowest BCUT2D eigenvalue weighted by atomic mass is 10.1. The highest BCUT2D eigenvalue weighted by atomic mass is 19.1. The van der Waals surface area contributed by atoms with Crippen molar-refractivity contribution in [2.24, 2.45) is 0 Å². The highest BCUT2D eigenvalue weighted by molar-refractivity contribution is 5.99. The van der Waals surface area contributed by atoms with Crippen molar-refractivity contribution in [2.45, 2.75) is 33.0 Å². The maximum absolute atomic E-state index is 13.5. The maximum Gasteiger partial charge on any atom is 0.280 e. The number of carbonyl (C=O) groups excluding carboxylic acids is 2. The molecule has 0 saturated heterocycles. The molecule has 1 unspecified atom stereocenters. The van der Waals surface area contributed by atoms with Gasteiger partial charge >= 0.3 is 0 Å². The van der Waals surface area contributed by atoms with Crippen LogP contribution in [0.3, 0.4) is 0 Å². The molecule has 0 aromatic carbocycles. The summed E-state index contributed by atoms with van der Waals surface area (Å²) in [5.74, 6) is -1.27. The van der Waals surface area contributed by atoms with E-state index in [4.69, 9.17) is 4.74 Å². The molecule has 5 rings (SSSR count). The minimum atomic E-state index is -0.535. The zero-order valence-electron chi connectivity index (χ0n) is 20.4. The molecule has 190 valence electrons. The largest absolute Gasteiger partial charge is 0.383 e. The molecule has 0 fully saturated rings. The number of anilines is 1. The Balaban J connectivity index is 1.63. The number of pyridine rings is 2. The average Bonchev–Trinajstić information content (AvgIpc) is 3.46. The van der Waals surface area contributed by atoms with Gasteiger partial charge in [-0.15, -0.1) is 0 Å². The molecule has 0 aliphatic carbocycles. The lowest BCUT2D eigenvalue weighted by Gasteiger charge is -2.23. The van der Waals surface area contributed by atoms with Crippen LogP contribution in [0.25, 0.3) is 16.9 Å².